The van der Waals surface area contributed by atoms with Gasteiger partial charge in [0.1, 0.15) is 11.8 Å². The molecule has 0 saturated carbocycles. The third-order valence-electron chi connectivity index (χ3n) is 3.88. The van der Waals surface area contributed by atoms with E-state index in [4.69, 9.17) is 4.74 Å². The molecule has 6 nitrogen and oxygen atoms in total. The Morgan fingerprint density at radius 3 is 2.82 bits per heavy atom. The molecule has 1 fully saturated rings. The highest BCUT2D eigenvalue weighted by atomic mass is 79.9. The maximum Gasteiger partial charge on any atom is 0.255 e. The van der Waals surface area contributed by atoms with Crippen LogP contribution in [-0.4, -0.2) is 35.3 Å². The molecule has 7 heteroatoms. The lowest BCUT2D eigenvalue weighted by atomic mass is 10.0. The first-order valence-corrected chi connectivity index (χ1v) is 7.90. The molecule has 0 radical (unpaired) electrons. The SMILES string of the molecule is CCOc1cc(Br)cc2c1CN(C1CCC(=O)NC1=O)C2=O. The number of amides is 3. The molecular weight excluding hydrogens is 352 g/mol. The zero-order valence-electron chi connectivity index (χ0n) is 12.0. The Balaban J connectivity index is 1.92. The lowest BCUT2D eigenvalue weighted by molar-refractivity contribution is -0.136. The molecule has 2 heterocycles. The van der Waals surface area contributed by atoms with Crippen LogP contribution in [0.4, 0.5) is 0 Å². The van der Waals surface area contributed by atoms with Crippen LogP contribution < -0.4 is 10.1 Å². The number of ether oxygens (including phenoxy) is 1. The van der Waals surface area contributed by atoms with E-state index in [2.05, 4.69) is 21.2 Å². The number of hydrogen-bond donors (Lipinski definition) is 1. The van der Waals surface area contributed by atoms with E-state index in [0.29, 0.717) is 30.9 Å². The number of halogens is 1. The van der Waals surface area contributed by atoms with Gasteiger partial charge in [-0.1, -0.05) is 15.9 Å². The van der Waals surface area contributed by atoms with Crippen LogP contribution in [-0.2, 0) is 16.1 Å². The molecule has 3 rings (SSSR count). The second-order valence-electron chi connectivity index (χ2n) is 5.26. The van der Waals surface area contributed by atoms with E-state index in [-0.39, 0.29) is 18.2 Å². The molecule has 0 bridgehead atoms. The fourth-order valence-corrected chi connectivity index (χ4v) is 3.31. The van der Waals surface area contributed by atoms with Crippen LogP contribution in [0, 0.1) is 0 Å². The Bertz CT molecular complexity index is 674. The fraction of sp³-hybridized carbons (Fsp3) is 0.400. The van der Waals surface area contributed by atoms with Crippen LogP contribution in [0.5, 0.6) is 5.75 Å². The zero-order chi connectivity index (χ0) is 15.9. The first-order chi connectivity index (χ1) is 10.5. The highest BCUT2D eigenvalue weighted by molar-refractivity contribution is 9.10. The maximum atomic E-state index is 12.6. The normalized spacial score (nSPS) is 20.9. The van der Waals surface area contributed by atoms with Crippen molar-refractivity contribution in [2.75, 3.05) is 6.61 Å². The zero-order valence-corrected chi connectivity index (χ0v) is 13.6. The minimum Gasteiger partial charge on any atom is -0.493 e. The van der Waals surface area contributed by atoms with Crippen LogP contribution in [0.2, 0.25) is 0 Å². The van der Waals surface area contributed by atoms with Crippen molar-refractivity contribution in [1.82, 2.24) is 10.2 Å². The molecule has 1 N–H and O–H groups in total. The minimum absolute atomic E-state index is 0.202. The van der Waals surface area contributed by atoms with E-state index < -0.39 is 11.9 Å². The van der Waals surface area contributed by atoms with Gasteiger partial charge in [0.2, 0.25) is 11.8 Å². The van der Waals surface area contributed by atoms with Crippen molar-refractivity contribution in [2.24, 2.45) is 0 Å². The molecule has 0 aliphatic carbocycles. The number of piperidine rings is 1. The molecule has 2 aliphatic heterocycles. The molecule has 1 atom stereocenters. The summed E-state index contributed by atoms with van der Waals surface area (Å²) in [4.78, 5) is 37.4. The summed E-state index contributed by atoms with van der Waals surface area (Å²) in [5.41, 5.74) is 1.34. The Hall–Kier alpha value is -1.89. The number of carbonyl (C=O) groups excluding carboxylic acids is 3. The Morgan fingerprint density at radius 2 is 2.14 bits per heavy atom. The largest absolute Gasteiger partial charge is 0.493 e. The molecule has 1 saturated heterocycles. The number of nitrogens with zero attached hydrogens (tertiary/aromatic N) is 1. The Morgan fingerprint density at radius 1 is 1.36 bits per heavy atom. The van der Waals surface area contributed by atoms with Crippen molar-refractivity contribution in [3.63, 3.8) is 0 Å². The summed E-state index contributed by atoms with van der Waals surface area (Å²) < 4.78 is 6.35. The van der Waals surface area contributed by atoms with E-state index in [1.54, 1.807) is 6.07 Å². The van der Waals surface area contributed by atoms with Crippen LogP contribution in [0.25, 0.3) is 0 Å². The first-order valence-electron chi connectivity index (χ1n) is 7.11. The number of benzene rings is 1. The van der Waals surface area contributed by atoms with Crippen molar-refractivity contribution in [3.8, 4) is 5.75 Å². The van der Waals surface area contributed by atoms with Gasteiger partial charge in [0.05, 0.1) is 13.2 Å². The number of fused-ring (bicyclic) bond motifs is 1. The summed E-state index contributed by atoms with van der Waals surface area (Å²) >= 11 is 3.37. The number of hydrogen-bond acceptors (Lipinski definition) is 4. The lowest BCUT2D eigenvalue weighted by Crippen LogP contribution is -2.52. The van der Waals surface area contributed by atoms with Crippen molar-refractivity contribution in [1.29, 1.82) is 0 Å². The van der Waals surface area contributed by atoms with Crippen molar-refractivity contribution in [2.45, 2.75) is 32.4 Å². The molecular formula is C15H15BrN2O4. The molecule has 22 heavy (non-hydrogen) atoms. The summed E-state index contributed by atoms with van der Waals surface area (Å²) in [5.74, 6) is -0.251. The van der Waals surface area contributed by atoms with Crippen LogP contribution in [0.3, 0.4) is 0 Å². The number of rotatable bonds is 3. The van der Waals surface area contributed by atoms with Gasteiger partial charge in [0.15, 0.2) is 0 Å². The van der Waals surface area contributed by atoms with Gasteiger partial charge in [-0.2, -0.15) is 0 Å². The van der Waals surface area contributed by atoms with Crippen LogP contribution in [0.15, 0.2) is 16.6 Å². The second kappa shape index (κ2) is 5.72. The van der Waals surface area contributed by atoms with E-state index in [1.165, 1.54) is 4.90 Å². The van der Waals surface area contributed by atoms with Gasteiger partial charge < -0.3 is 9.64 Å². The number of nitrogens with one attached hydrogen (secondary N) is 1. The van der Waals surface area contributed by atoms with Crippen LogP contribution in [0.1, 0.15) is 35.7 Å². The van der Waals surface area contributed by atoms with Gasteiger partial charge in [-0.15, -0.1) is 0 Å². The number of imide groups is 1. The molecule has 1 aromatic carbocycles. The molecule has 3 amide bonds. The van der Waals surface area contributed by atoms with Gasteiger partial charge in [-0.3, -0.25) is 19.7 Å². The topological polar surface area (TPSA) is 75.7 Å². The standard InChI is InChI=1S/C15H15BrN2O4/c1-2-22-12-6-8(16)5-9-10(12)7-18(15(9)21)11-3-4-13(19)17-14(11)20/h5-6,11H,2-4,7H2,1H3,(H,17,19,20). The predicted octanol–water partition coefficient (Wildman–Crippen LogP) is 1.61. The highest BCUT2D eigenvalue weighted by Crippen LogP contribution is 2.36. The minimum atomic E-state index is -0.606. The molecule has 2 aliphatic rings. The summed E-state index contributed by atoms with van der Waals surface area (Å²) in [6.45, 7) is 2.70. The Kier molecular flexibility index (Phi) is 3.90. The average Bonchev–Trinajstić information content (AvgIpc) is 2.77. The maximum absolute atomic E-state index is 12.6. The Labute approximate surface area is 135 Å². The highest BCUT2D eigenvalue weighted by Gasteiger charge is 2.40. The third-order valence-corrected chi connectivity index (χ3v) is 4.34. The first kappa shape index (κ1) is 15.0. The van der Waals surface area contributed by atoms with Gasteiger partial charge in [-0.05, 0) is 25.5 Å². The average molecular weight is 367 g/mol. The van der Waals surface area contributed by atoms with Gasteiger partial charge >= 0.3 is 0 Å². The van der Waals surface area contributed by atoms with Crippen molar-refractivity contribution >= 4 is 33.7 Å². The summed E-state index contributed by atoms with van der Waals surface area (Å²) in [5, 5.41) is 2.29. The smallest absolute Gasteiger partial charge is 0.255 e. The molecule has 116 valence electrons. The van der Waals surface area contributed by atoms with E-state index in [0.717, 1.165) is 10.0 Å². The summed E-state index contributed by atoms with van der Waals surface area (Å²) in [6, 6.07) is 2.96. The monoisotopic (exact) mass is 366 g/mol. The molecule has 1 unspecified atom stereocenters. The van der Waals surface area contributed by atoms with Crippen LogP contribution >= 0.6 is 15.9 Å². The molecule has 0 spiro atoms. The van der Waals surface area contributed by atoms with E-state index in [1.807, 2.05) is 13.0 Å². The quantitative estimate of drug-likeness (QED) is 0.824. The lowest BCUT2D eigenvalue weighted by Gasteiger charge is -2.29. The van der Waals surface area contributed by atoms with Crippen molar-refractivity contribution < 1.29 is 19.1 Å². The molecule has 0 aromatic heterocycles. The van der Waals surface area contributed by atoms with E-state index >= 15 is 0 Å². The third kappa shape index (κ3) is 2.49. The van der Waals surface area contributed by atoms with Gasteiger partial charge in [-0.25, -0.2) is 0 Å². The second-order valence-corrected chi connectivity index (χ2v) is 6.18. The summed E-state index contributed by atoms with van der Waals surface area (Å²) in [6.07, 6.45) is 0.605. The van der Waals surface area contributed by atoms with E-state index in [9.17, 15) is 14.4 Å². The predicted molar refractivity (Wildman–Crippen MR) is 81.4 cm³/mol. The van der Waals surface area contributed by atoms with Gasteiger partial charge in [0.25, 0.3) is 5.91 Å². The number of carbonyl (C=O) groups is 3. The fourth-order valence-electron chi connectivity index (χ4n) is 2.88. The summed E-state index contributed by atoms with van der Waals surface area (Å²) in [7, 11) is 0. The van der Waals surface area contributed by atoms with Crippen molar-refractivity contribution in [3.05, 3.63) is 27.7 Å². The molecule has 1 aromatic rings. The van der Waals surface area contributed by atoms with Gasteiger partial charge in [0, 0.05) is 22.0 Å².